The number of nitrogens with zero attached hydrogens (tertiary/aromatic N) is 2. The summed E-state index contributed by atoms with van der Waals surface area (Å²) in [5.74, 6) is 2.06. The standard InChI is InChI=1S/C27H30N4O5.C2H6/c1-2-33-16-19-8-10-20(14-21(32)12-19)29-27-31-30-26(36-27)22-6-4-3-5-7-23(22)28-15-18-9-11-24-25(13-18)35-17-34-24;1-2/h3,5-11,13-14,19,21,28,32H,2,4,12,15-17H2,1H3,(H,29,31);1-2H3. The van der Waals surface area contributed by atoms with Crippen molar-refractivity contribution >= 4 is 11.6 Å². The van der Waals surface area contributed by atoms with E-state index in [4.69, 9.17) is 18.6 Å². The summed E-state index contributed by atoms with van der Waals surface area (Å²) in [7, 11) is 0. The van der Waals surface area contributed by atoms with Crippen molar-refractivity contribution in [2.24, 2.45) is 5.92 Å². The molecule has 3 N–H and O–H groups in total. The molecule has 2 unspecified atom stereocenters. The number of aliphatic hydroxyl groups excluding tert-OH is 1. The predicted octanol–water partition coefficient (Wildman–Crippen LogP) is 5.11. The molecule has 1 aromatic heterocycles. The van der Waals surface area contributed by atoms with Gasteiger partial charge in [-0.15, -0.1) is 5.10 Å². The van der Waals surface area contributed by atoms with Crippen molar-refractivity contribution in [3.63, 3.8) is 0 Å². The number of hydrogen-bond donors (Lipinski definition) is 3. The molecule has 0 amide bonds. The van der Waals surface area contributed by atoms with Crippen molar-refractivity contribution in [2.75, 3.05) is 25.3 Å². The van der Waals surface area contributed by atoms with Crippen LogP contribution in [0.15, 0.2) is 76.5 Å². The molecule has 1 aromatic carbocycles. The van der Waals surface area contributed by atoms with Crippen LogP contribution in [0.3, 0.4) is 0 Å². The molecule has 38 heavy (non-hydrogen) atoms. The van der Waals surface area contributed by atoms with Gasteiger partial charge in [-0.25, -0.2) is 0 Å². The zero-order valence-corrected chi connectivity index (χ0v) is 22.1. The highest BCUT2D eigenvalue weighted by Crippen LogP contribution is 2.33. The number of anilines is 1. The van der Waals surface area contributed by atoms with Gasteiger partial charge in [0.2, 0.25) is 6.79 Å². The van der Waals surface area contributed by atoms with Crippen LogP contribution in [0.4, 0.5) is 6.01 Å². The lowest BCUT2D eigenvalue weighted by molar-refractivity contribution is 0.103. The average molecular weight is 521 g/mol. The van der Waals surface area contributed by atoms with Gasteiger partial charge in [-0.1, -0.05) is 49.3 Å². The lowest BCUT2D eigenvalue weighted by atomic mass is 10.0. The first-order valence-corrected chi connectivity index (χ1v) is 13.1. The van der Waals surface area contributed by atoms with Crippen molar-refractivity contribution in [1.29, 1.82) is 0 Å². The zero-order chi connectivity index (χ0) is 26.7. The third-order valence-electron chi connectivity index (χ3n) is 5.97. The second-order valence-electron chi connectivity index (χ2n) is 8.64. The smallest absolute Gasteiger partial charge is 0.320 e. The number of aromatic nitrogens is 2. The maximum atomic E-state index is 10.4. The first kappa shape index (κ1) is 27.2. The van der Waals surface area contributed by atoms with Crippen LogP contribution < -0.4 is 20.1 Å². The molecule has 2 aliphatic carbocycles. The molecule has 1 aliphatic heterocycles. The molecule has 2 heterocycles. The molecule has 2 atom stereocenters. The van der Waals surface area contributed by atoms with Crippen LogP contribution in [0, 0.1) is 5.92 Å². The van der Waals surface area contributed by atoms with E-state index in [0.29, 0.717) is 37.8 Å². The molecule has 3 aliphatic rings. The monoisotopic (exact) mass is 520 g/mol. The van der Waals surface area contributed by atoms with Gasteiger partial charge in [-0.2, -0.15) is 0 Å². The number of aliphatic hydroxyl groups is 1. The summed E-state index contributed by atoms with van der Waals surface area (Å²) in [5, 5.41) is 25.4. The molecule has 5 rings (SSSR count). The fourth-order valence-corrected chi connectivity index (χ4v) is 4.17. The SMILES string of the molecule is CC.CCOCC1C=CC(Nc2nnc(C3=CCC=CC=C3NCc3ccc4c(c3)OCO4)o2)=CC(O)C1. The second-order valence-corrected chi connectivity index (χ2v) is 8.64. The quantitative estimate of drug-likeness (QED) is 0.415. The zero-order valence-electron chi connectivity index (χ0n) is 22.1. The van der Waals surface area contributed by atoms with Crippen LogP contribution in [-0.2, 0) is 11.3 Å². The summed E-state index contributed by atoms with van der Waals surface area (Å²) >= 11 is 0. The van der Waals surface area contributed by atoms with E-state index in [9.17, 15) is 5.11 Å². The van der Waals surface area contributed by atoms with Crippen LogP contribution in [0.25, 0.3) is 5.57 Å². The largest absolute Gasteiger partial charge is 0.454 e. The van der Waals surface area contributed by atoms with Gasteiger partial charge < -0.3 is 34.4 Å². The Hall–Kier alpha value is -3.82. The van der Waals surface area contributed by atoms with E-state index in [1.807, 2.05) is 69.4 Å². The van der Waals surface area contributed by atoms with E-state index in [0.717, 1.165) is 34.8 Å². The van der Waals surface area contributed by atoms with E-state index in [1.54, 1.807) is 6.08 Å². The predicted molar refractivity (Wildman–Crippen MR) is 146 cm³/mol. The Morgan fingerprint density at radius 3 is 2.89 bits per heavy atom. The van der Waals surface area contributed by atoms with E-state index in [2.05, 4.69) is 26.9 Å². The molecule has 0 bridgehead atoms. The van der Waals surface area contributed by atoms with Gasteiger partial charge in [0.1, 0.15) is 0 Å². The Morgan fingerprint density at radius 1 is 1.16 bits per heavy atom. The van der Waals surface area contributed by atoms with Gasteiger partial charge >= 0.3 is 6.01 Å². The maximum Gasteiger partial charge on any atom is 0.320 e. The number of nitrogens with one attached hydrogen (secondary N) is 2. The summed E-state index contributed by atoms with van der Waals surface area (Å²) < 4.78 is 22.4. The van der Waals surface area contributed by atoms with Crippen molar-refractivity contribution in [1.82, 2.24) is 15.5 Å². The van der Waals surface area contributed by atoms with Crippen molar-refractivity contribution in [2.45, 2.75) is 46.3 Å². The molecular weight excluding hydrogens is 484 g/mol. The fraction of sp³-hybridized carbons (Fsp3) is 0.379. The Bertz CT molecular complexity index is 1230. The van der Waals surface area contributed by atoms with Gasteiger partial charge in [0.25, 0.3) is 5.89 Å². The van der Waals surface area contributed by atoms with E-state index in [1.165, 1.54) is 0 Å². The molecule has 0 fully saturated rings. The Morgan fingerprint density at radius 2 is 2.03 bits per heavy atom. The molecular formula is C29H36N4O5. The first-order valence-electron chi connectivity index (χ1n) is 13.1. The van der Waals surface area contributed by atoms with E-state index < -0.39 is 6.10 Å². The first-order chi connectivity index (χ1) is 18.7. The lowest BCUT2D eigenvalue weighted by Gasteiger charge is -2.12. The van der Waals surface area contributed by atoms with E-state index >= 15 is 0 Å². The van der Waals surface area contributed by atoms with Gasteiger partial charge in [0.15, 0.2) is 11.5 Å². The Kier molecular flexibility index (Phi) is 9.77. The summed E-state index contributed by atoms with van der Waals surface area (Å²) in [6.07, 6.45) is 14.5. The molecule has 0 radical (unpaired) electrons. The minimum Gasteiger partial charge on any atom is -0.454 e. The third kappa shape index (κ3) is 7.14. The topological polar surface area (TPSA) is 111 Å². The minimum atomic E-state index is -0.596. The summed E-state index contributed by atoms with van der Waals surface area (Å²) in [6, 6.07) is 6.15. The molecule has 202 valence electrons. The normalized spacial score (nSPS) is 19.8. The number of fused-ring (bicyclic) bond motifs is 1. The number of ether oxygens (including phenoxy) is 3. The molecule has 9 nitrogen and oxygen atoms in total. The highest BCUT2D eigenvalue weighted by molar-refractivity contribution is 5.75. The molecule has 2 aromatic rings. The van der Waals surface area contributed by atoms with Crippen LogP contribution in [-0.4, -0.2) is 41.4 Å². The lowest BCUT2D eigenvalue weighted by Crippen LogP contribution is -2.14. The van der Waals surface area contributed by atoms with Crippen molar-refractivity contribution in [3.8, 4) is 11.5 Å². The summed E-state index contributed by atoms with van der Waals surface area (Å²) in [5.41, 5.74) is 3.46. The van der Waals surface area contributed by atoms with Gasteiger partial charge in [-0.3, -0.25) is 0 Å². The molecule has 0 spiro atoms. The minimum absolute atomic E-state index is 0.140. The highest BCUT2D eigenvalue weighted by atomic mass is 16.7. The van der Waals surface area contributed by atoms with Crippen molar-refractivity contribution < 1.29 is 23.7 Å². The summed E-state index contributed by atoms with van der Waals surface area (Å²) in [4.78, 5) is 0. The van der Waals surface area contributed by atoms with Gasteiger partial charge in [-0.05, 0) is 55.7 Å². The fourth-order valence-electron chi connectivity index (χ4n) is 4.17. The Balaban J connectivity index is 0.00000164. The maximum absolute atomic E-state index is 10.4. The highest BCUT2D eigenvalue weighted by Gasteiger charge is 2.19. The van der Waals surface area contributed by atoms with Crippen LogP contribution in [0.5, 0.6) is 11.5 Å². The third-order valence-corrected chi connectivity index (χ3v) is 5.97. The van der Waals surface area contributed by atoms with Gasteiger partial charge in [0.05, 0.1) is 18.3 Å². The second kappa shape index (κ2) is 13.6. The van der Waals surface area contributed by atoms with Crippen molar-refractivity contribution in [3.05, 3.63) is 83.6 Å². The summed E-state index contributed by atoms with van der Waals surface area (Å²) in [6.45, 7) is 8.03. The Labute approximate surface area is 223 Å². The number of allylic oxidation sites excluding steroid dienone is 6. The number of hydrogen-bond acceptors (Lipinski definition) is 9. The van der Waals surface area contributed by atoms with Crippen LogP contribution >= 0.6 is 0 Å². The number of rotatable bonds is 9. The van der Waals surface area contributed by atoms with Gasteiger partial charge in [0, 0.05) is 30.5 Å². The van der Waals surface area contributed by atoms with Crippen LogP contribution in [0.1, 0.15) is 45.1 Å². The molecule has 0 saturated carbocycles. The molecule has 9 heteroatoms. The van der Waals surface area contributed by atoms with Crippen LogP contribution in [0.2, 0.25) is 0 Å². The number of benzene rings is 1. The van der Waals surface area contributed by atoms with E-state index in [-0.39, 0.29) is 18.7 Å². The molecule has 0 saturated heterocycles. The average Bonchev–Trinajstić information content (AvgIpc) is 3.48.